The smallest absolute Gasteiger partial charge is 0.238 e. The third-order valence-corrected chi connectivity index (χ3v) is 3.61. The zero-order chi connectivity index (χ0) is 11.9. The quantitative estimate of drug-likeness (QED) is 0.622. The molecule has 0 saturated heterocycles. The van der Waals surface area contributed by atoms with Crippen molar-refractivity contribution in [3.8, 4) is 0 Å². The first-order valence-corrected chi connectivity index (χ1v) is 6.24. The monoisotopic (exact) mass is 238 g/mol. The summed E-state index contributed by atoms with van der Waals surface area (Å²) >= 11 is 0. The largest absolute Gasteiger partial charge is 0.364 e. The van der Waals surface area contributed by atoms with E-state index in [9.17, 15) is 13.2 Å². The molecular formula is C8H18N2O4S. The minimum atomic E-state index is -3.44. The Kier molecular flexibility index (Phi) is 6.46. The minimum Gasteiger partial charge on any atom is -0.364 e. The van der Waals surface area contributed by atoms with Gasteiger partial charge in [0.2, 0.25) is 15.9 Å². The van der Waals surface area contributed by atoms with Gasteiger partial charge in [-0.15, -0.1) is 0 Å². The van der Waals surface area contributed by atoms with E-state index in [0.29, 0.717) is 6.42 Å². The van der Waals surface area contributed by atoms with Crippen LogP contribution in [0.2, 0.25) is 0 Å². The second-order valence-electron chi connectivity index (χ2n) is 2.91. The zero-order valence-corrected chi connectivity index (χ0v) is 10.1. The van der Waals surface area contributed by atoms with Gasteiger partial charge in [0, 0.05) is 26.5 Å². The highest BCUT2D eigenvalue weighted by molar-refractivity contribution is 7.89. The zero-order valence-electron chi connectivity index (χ0n) is 9.24. The molecule has 0 aliphatic heterocycles. The molecular weight excluding hydrogens is 220 g/mol. The van der Waals surface area contributed by atoms with Crippen LogP contribution in [0.15, 0.2) is 0 Å². The lowest BCUT2D eigenvalue weighted by molar-refractivity contribution is -0.120. The van der Waals surface area contributed by atoms with E-state index in [1.54, 1.807) is 6.92 Å². The van der Waals surface area contributed by atoms with Crippen LogP contribution in [-0.4, -0.2) is 40.5 Å². The highest BCUT2D eigenvalue weighted by atomic mass is 32.2. The van der Waals surface area contributed by atoms with Gasteiger partial charge in [-0.05, 0) is 7.05 Å². The van der Waals surface area contributed by atoms with E-state index in [1.807, 2.05) is 0 Å². The van der Waals surface area contributed by atoms with Crippen LogP contribution < -0.4 is 10.0 Å². The van der Waals surface area contributed by atoms with Gasteiger partial charge in [-0.25, -0.2) is 13.1 Å². The van der Waals surface area contributed by atoms with Gasteiger partial charge in [0.05, 0.1) is 0 Å². The fourth-order valence-electron chi connectivity index (χ4n) is 0.986. The van der Waals surface area contributed by atoms with Crippen molar-refractivity contribution in [2.24, 2.45) is 0 Å². The van der Waals surface area contributed by atoms with Crippen molar-refractivity contribution < 1.29 is 17.9 Å². The summed E-state index contributed by atoms with van der Waals surface area (Å²) in [6, 6.07) is 0. The van der Waals surface area contributed by atoms with Crippen LogP contribution in [0, 0.1) is 0 Å². The van der Waals surface area contributed by atoms with Crippen molar-refractivity contribution in [2.75, 3.05) is 20.7 Å². The van der Waals surface area contributed by atoms with E-state index in [2.05, 4.69) is 10.0 Å². The molecule has 0 bridgehead atoms. The van der Waals surface area contributed by atoms with E-state index in [1.165, 1.54) is 14.2 Å². The van der Waals surface area contributed by atoms with Crippen LogP contribution >= 0.6 is 0 Å². The van der Waals surface area contributed by atoms with E-state index >= 15 is 0 Å². The van der Waals surface area contributed by atoms with Gasteiger partial charge < -0.3 is 10.1 Å². The Balaban J connectivity index is 4.08. The topological polar surface area (TPSA) is 84.5 Å². The molecule has 0 radical (unpaired) electrons. The number of sulfonamides is 1. The molecule has 0 saturated carbocycles. The van der Waals surface area contributed by atoms with Crippen molar-refractivity contribution in [1.82, 2.24) is 10.0 Å². The summed E-state index contributed by atoms with van der Waals surface area (Å²) in [7, 11) is -0.793. The number of rotatable bonds is 7. The van der Waals surface area contributed by atoms with Gasteiger partial charge in [0.25, 0.3) is 0 Å². The summed E-state index contributed by atoms with van der Waals surface area (Å²) in [5, 5.41) is 2.58. The fraction of sp³-hybridized carbons (Fsp3) is 0.875. The molecule has 0 aromatic heterocycles. The second-order valence-corrected chi connectivity index (χ2v) is 4.93. The summed E-state index contributed by atoms with van der Waals surface area (Å²) in [4.78, 5) is 10.9. The SMILES string of the molecule is CCC(=O)NCCC(OC)S(=O)(=O)NC. The molecule has 1 unspecified atom stereocenters. The molecule has 2 N–H and O–H groups in total. The summed E-state index contributed by atoms with van der Waals surface area (Å²) in [5.74, 6) is -0.105. The molecule has 1 atom stereocenters. The van der Waals surface area contributed by atoms with E-state index < -0.39 is 15.5 Å². The number of amides is 1. The van der Waals surface area contributed by atoms with E-state index in [4.69, 9.17) is 4.74 Å². The molecule has 6 nitrogen and oxygen atoms in total. The van der Waals surface area contributed by atoms with Gasteiger partial charge in [0.1, 0.15) is 0 Å². The van der Waals surface area contributed by atoms with Gasteiger partial charge in [-0.3, -0.25) is 4.79 Å². The first kappa shape index (κ1) is 14.3. The fourth-order valence-corrected chi connectivity index (χ4v) is 1.93. The predicted octanol–water partition coefficient (Wildman–Crippen LogP) is -0.576. The molecule has 0 aromatic carbocycles. The highest BCUT2D eigenvalue weighted by Gasteiger charge is 2.22. The standard InChI is InChI=1S/C8H18N2O4S/c1-4-7(11)10-6-5-8(14-3)15(12,13)9-2/h8-9H,4-6H2,1-3H3,(H,10,11). The van der Waals surface area contributed by atoms with Crippen LogP contribution in [0.4, 0.5) is 0 Å². The van der Waals surface area contributed by atoms with Crippen LogP contribution in [0.3, 0.4) is 0 Å². The molecule has 90 valence electrons. The normalized spacial score (nSPS) is 13.5. The van der Waals surface area contributed by atoms with Gasteiger partial charge in [-0.2, -0.15) is 0 Å². The Hall–Kier alpha value is -0.660. The number of carbonyl (C=O) groups is 1. The number of ether oxygens (including phenoxy) is 1. The van der Waals surface area contributed by atoms with Crippen LogP contribution in [0.5, 0.6) is 0 Å². The van der Waals surface area contributed by atoms with Crippen molar-refractivity contribution in [3.05, 3.63) is 0 Å². The summed E-state index contributed by atoms with van der Waals surface area (Å²) in [6.45, 7) is 2.01. The Bertz CT molecular complexity index is 289. The van der Waals surface area contributed by atoms with Crippen LogP contribution in [0.25, 0.3) is 0 Å². The number of hydrogen-bond acceptors (Lipinski definition) is 4. The predicted molar refractivity (Wildman–Crippen MR) is 56.7 cm³/mol. The third kappa shape index (κ3) is 5.10. The minimum absolute atomic E-state index is 0.105. The van der Waals surface area contributed by atoms with Crippen molar-refractivity contribution in [2.45, 2.75) is 25.2 Å². The van der Waals surface area contributed by atoms with Gasteiger partial charge >= 0.3 is 0 Å². The number of carbonyl (C=O) groups excluding carboxylic acids is 1. The average molecular weight is 238 g/mol. The maximum absolute atomic E-state index is 11.3. The lowest BCUT2D eigenvalue weighted by Crippen LogP contribution is -2.36. The molecule has 0 fully saturated rings. The number of hydrogen-bond donors (Lipinski definition) is 2. The molecule has 0 heterocycles. The maximum Gasteiger partial charge on any atom is 0.238 e. The lowest BCUT2D eigenvalue weighted by atomic mass is 10.4. The Morgan fingerprint density at radius 3 is 2.47 bits per heavy atom. The summed E-state index contributed by atoms with van der Waals surface area (Å²) in [6.07, 6.45) is 0.613. The number of nitrogens with one attached hydrogen (secondary N) is 2. The summed E-state index contributed by atoms with van der Waals surface area (Å²) in [5.41, 5.74) is -0.931. The third-order valence-electron chi connectivity index (χ3n) is 1.92. The van der Waals surface area contributed by atoms with E-state index in [-0.39, 0.29) is 18.9 Å². The van der Waals surface area contributed by atoms with Crippen LogP contribution in [-0.2, 0) is 19.6 Å². The van der Waals surface area contributed by atoms with Crippen molar-refractivity contribution in [3.63, 3.8) is 0 Å². The molecule has 1 amide bonds. The Morgan fingerprint density at radius 1 is 1.47 bits per heavy atom. The Morgan fingerprint density at radius 2 is 2.07 bits per heavy atom. The first-order valence-electron chi connectivity index (χ1n) is 4.69. The van der Waals surface area contributed by atoms with Crippen LogP contribution in [0.1, 0.15) is 19.8 Å². The Labute approximate surface area is 90.4 Å². The van der Waals surface area contributed by atoms with Crippen molar-refractivity contribution >= 4 is 15.9 Å². The lowest BCUT2D eigenvalue weighted by Gasteiger charge is -2.15. The number of methoxy groups -OCH3 is 1. The molecule has 7 heteroatoms. The van der Waals surface area contributed by atoms with Crippen molar-refractivity contribution in [1.29, 1.82) is 0 Å². The van der Waals surface area contributed by atoms with E-state index in [0.717, 1.165) is 0 Å². The molecule has 0 spiro atoms. The molecule has 15 heavy (non-hydrogen) atoms. The average Bonchev–Trinajstić information content (AvgIpc) is 2.23. The highest BCUT2D eigenvalue weighted by Crippen LogP contribution is 2.03. The molecule has 0 rings (SSSR count). The van der Waals surface area contributed by atoms with Gasteiger partial charge in [-0.1, -0.05) is 6.92 Å². The second kappa shape index (κ2) is 6.76. The maximum atomic E-state index is 11.3. The van der Waals surface area contributed by atoms with Gasteiger partial charge in [0.15, 0.2) is 5.44 Å². The summed E-state index contributed by atoms with van der Waals surface area (Å²) < 4.78 is 29.7. The molecule has 0 aromatic rings. The molecule has 0 aliphatic carbocycles. The first-order chi connectivity index (χ1) is 6.97. The molecule has 0 aliphatic rings.